The van der Waals surface area contributed by atoms with E-state index in [1.54, 1.807) is 0 Å². The molecule has 2 aliphatic carbocycles. The SMILES string of the molecule is Fc1cc(-n2c3ccccc3c3ccccc32)cc(F)[c]1[Ti]([C]1=CC=CC1)([C]1=CC=CC1)[c]1c(F)cc(-n2c3ccccc3c3ccccc32)cc1F. The quantitative estimate of drug-likeness (QED) is 0.119. The van der Waals surface area contributed by atoms with Gasteiger partial charge < -0.3 is 0 Å². The normalized spacial score (nSPS) is 14.3. The molecule has 2 aliphatic rings. The molecule has 0 bridgehead atoms. The Bertz CT molecular complexity index is 2610. The number of hydrogen-bond acceptors (Lipinski definition) is 0. The van der Waals surface area contributed by atoms with Crippen molar-refractivity contribution in [1.82, 2.24) is 9.13 Å². The predicted molar refractivity (Wildman–Crippen MR) is 204 cm³/mol. The van der Waals surface area contributed by atoms with Crippen molar-refractivity contribution in [2.75, 3.05) is 0 Å². The van der Waals surface area contributed by atoms with Crippen LogP contribution in [0, 0.1) is 23.3 Å². The van der Waals surface area contributed by atoms with Gasteiger partial charge in [-0.1, -0.05) is 0 Å². The van der Waals surface area contributed by atoms with Crippen LogP contribution in [0.25, 0.3) is 55.0 Å². The summed E-state index contributed by atoms with van der Waals surface area (Å²) in [5.41, 5.74) is 3.81. The maximum atomic E-state index is 17.4. The van der Waals surface area contributed by atoms with E-state index in [9.17, 15) is 0 Å². The molecule has 0 atom stereocenters. The van der Waals surface area contributed by atoms with Gasteiger partial charge in [0.15, 0.2) is 0 Å². The Kier molecular flexibility index (Phi) is 7.36. The number of hydrogen-bond donors (Lipinski definition) is 0. The molecule has 0 spiro atoms. The fourth-order valence-electron chi connectivity index (χ4n) is 8.92. The number of halogens is 4. The van der Waals surface area contributed by atoms with Gasteiger partial charge in [-0.05, 0) is 0 Å². The molecule has 6 aromatic carbocycles. The van der Waals surface area contributed by atoms with Gasteiger partial charge in [-0.25, -0.2) is 0 Å². The van der Waals surface area contributed by atoms with Gasteiger partial charge in [-0.3, -0.25) is 0 Å². The molecular weight excluding hydrogens is 704 g/mol. The molecular formula is C46H30F4N2Ti. The Labute approximate surface area is 306 Å². The summed E-state index contributed by atoms with van der Waals surface area (Å²) in [4.78, 5) is 0. The van der Waals surface area contributed by atoms with Crippen molar-refractivity contribution in [2.45, 2.75) is 12.8 Å². The van der Waals surface area contributed by atoms with E-state index in [2.05, 4.69) is 0 Å². The number of nitrogens with zero attached hydrogens (tertiary/aromatic N) is 2. The van der Waals surface area contributed by atoms with Gasteiger partial charge in [-0.15, -0.1) is 0 Å². The Morgan fingerprint density at radius 1 is 0.415 bits per heavy atom. The van der Waals surface area contributed by atoms with E-state index < -0.39 is 39.9 Å². The topological polar surface area (TPSA) is 9.86 Å². The Hall–Kier alpha value is -5.69. The first-order valence-corrected chi connectivity index (χ1v) is 20.8. The van der Waals surface area contributed by atoms with E-state index in [-0.39, 0.29) is 7.74 Å². The number of fused-ring (bicyclic) bond motifs is 6. The van der Waals surface area contributed by atoms with Crippen LogP contribution in [0.3, 0.4) is 0 Å². The molecule has 2 nitrogen and oxygen atoms in total. The molecule has 8 aromatic rings. The van der Waals surface area contributed by atoms with Crippen molar-refractivity contribution in [2.24, 2.45) is 0 Å². The summed E-state index contributed by atoms with van der Waals surface area (Å²) in [6.07, 6.45) is 11.8. The van der Waals surface area contributed by atoms with Crippen LogP contribution in [0.5, 0.6) is 0 Å². The van der Waals surface area contributed by atoms with E-state index in [1.807, 2.05) is 143 Å². The summed E-state index contributed by atoms with van der Waals surface area (Å²) in [7, 11) is 0. The third-order valence-electron chi connectivity index (χ3n) is 11.0. The number of allylic oxidation sites excluding steroid dienone is 8. The van der Waals surface area contributed by atoms with Gasteiger partial charge in [0.25, 0.3) is 0 Å². The van der Waals surface area contributed by atoms with E-state index in [1.165, 1.54) is 24.3 Å². The molecule has 10 rings (SSSR count). The van der Waals surface area contributed by atoms with Crippen LogP contribution < -0.4 is 7.74 Å². The van der Waals surface area contributed by atoms with Gasteiger partial charge in [0.1, 0.15) is 0 Å². The number of benzene rings is 6. The molecule has 2 aromatic heterocycles. The molecule has 256 valence electrons. The van der Waals surface area contributed by atoms with E-state index in [4.69, 9.17) is 0 Å². The summed E-state index contributed by atoms with van der Waals surface area (Å²) >= 11 is -5.01. The van der Waals surface area contributed by atoms with Crippen LogP contribution >= 0.6 is 0 Å². The molecule has 0 unspecified atom stereocenters. The molecule has 0 saturated carbocycles. The molecule has 0 radical (unpaired) electrons. The third-order valence-corrected chi connectivity index (χ3v) is 19.0. The number of para-hydroxylation sites is 4. The number of rotatable bonds is 6. The maximum absolute atomic E-state index is 17.4. The summed E-state index contributed by atoms with van der Waals surface area (Å²) < 4.78 is 74.0. The zero-order valence-electron chi connectivity index (χ0n) is 28.3. The Morgan fingerprint density at radius 3 is 1.00 bits per heavy atom. The zero-order valence-corrected chi connectivity index (χ0v) is 29.9. The van der Waals surface area contributed by atoms with Crippen LogP contribution in [0.2, 0.25) is 0 Å². The van der Waals surface area contributed by atoms with E-state index in [0.29, 0.717) is 32.0 Å². The van der Waals surface area contributed by atoms with Crippen LogP contribution in [0.15, 0.2) is 166 Å². The average molecular weight is 735 g/mol. The third kappa shape index (κ3) is 4.62. The van der Waals surface area contributed by atoms with Crippen LogP contribution in [-0.2, 0) is 16.6 Å². The van der Waals surface area contributed by atoms with Crippen LogP contribution in [0.1, 0.15) is 12.8 Å². The molecule has 7 heteroatoms. The Balaban J connectivity index is 1.24. The first kappa shape index (κ1) is 32.0. The van der Waals surface area contributed by atoms with Gasteiger partial charge in [-0.2, -0.15) is 0 Å². The second-order valence-corrected chi connectivity index (χ2v) is 19.6. The first-order chi connectivity index (χ1) is 26.0. The minimum atomic E-state index is -5.01. The molecule has 0 fully saturated rings. The van der Waals surface area contributed by atoms with Crippen molar-refractivity contribution in [1.29, 1.82) is 0 Å². The molecule has 0 saturated heterocycles. The average Bonchev–Trinajstić information content (AvgIpc) is 3.99. The van der Waals surface area contributed by atoms with Crippen molar-refractivity contribution >= 4 is 51.3 Å². The standard InChI is InChI=1S/2C18H10F2N.2C5H5.Ti/c2*19-12-9-13(20)11-14(10-12)21-17-7-3-1-5-15(17)16-6-2-4-8-18(16)21;2*1-2-4-5-3-1;/h2*1-8,10-11H;2*1-3H,4H2;. The van der Waals surface area contributed by atoms with Gasteiger partial charge >= 0.3 is 308 Å². The van der Waals surface area contributed by atoms with Crippen LogP contribution in [0.4, 0.5) is 17.6 Å². The Morgan fingerprint density at radius 2 is 0.717 bits per heavy atom. The van der Waals surface area contributed by atoms with E-state index in [0.717, 1.165) is 43.6 Å². The summed E-state index contributed by atoms with van der Waals surface area (Å²) in [6, 6.07) is 36.3. The zero-order chi connectivity index (χ0) is 35.8. The fraction of sp³-hybridized carbons (Fsp3) is 0.0435. The minimum absolute atomic E-state index is 0.221. The molecule has 0 amide bonds. The first-order valence-electron chi connectivity index (χ1n) is 17.7. The molecule has 2 heterocycles. The van der Waals surface area contributed by atoms with Crippen molar-refractivity contribution in [3.8, 4) is 11.4 Å². The van der Waals surface area contributed by atoms with Gasteiger partial charge in [0, 0.05) is 0 Å². The van der Waals surface area contributed by atoms with Gasteiger partial charge in [0.05, 0.1) is 0 Å². The molecule has 0 aliphatic heterocycles. The second kappa shape index (κ2) is 12.2. The van der Waals surface area contributed by atoms with Crippen molar-refractivity contribution in [3.63, 3.8) is 0 Å². The van der Waals surface area contributed by atoms with Gasteiger partial charge in [0.2, 0.25) is 0 Å². The molecule has 53 heavy (non-hydrogen) atoms. The summed E-state index contributed by atoms with van der Waals surface area (Å²) in [6.45, 7) is 0. The summed E-state index contributed by atoms with van der Waals surface area (Å²) in [5.74, 6) is -3.25. The second-order valence-electron chi connectivity index (χ2n) is 13.7. The monoisotopic (exact) mass is 734 g/mol. The molecule has 0 N–H and O–H groups in total. The fourth-order valence-corrected chi connectivity index (χ4v) is 17.1. The van der Waals surface area contributed by atoms with E-state index >= 15 is 17.6 Å². The predicted octanol–water partition coefficient (Wildman–Crippen LogP) is 11.2. The van der Waals surface area contributed by atoms with Crippen LogP contribution in [-0.4, -0.2) is 9.13 Å². The van der Waals surface area contributed by atoms with Crippen molar-refractivity contribution < 1.29 is 34.2 Å². The number of aromatic nitrogens is 2. The summed E-state index contributed by atoms with van der Waals surface area (Å²) in [5, 5.41) is 3.82. The van der Waals surface area contributed by atoms with Crippen molar-refractivity contribution in [3.05, 3.63) is 189 Å².